The minimum absolute atomic E-state index is 0.0197. The number of nitro benzene ring substituents is 1. The van der Waals surface area contributed by atoms with E-state index in [9.17, 15) is 24.5 Å². The third-order valence-corrected chi connectivity index (χ3v) is 4.48. The molecule has 0 radical (unpaired) electrons. The van der Waals surface area contributed by atoms with Crippen LogP contribution >= 0.6 is 11.6 Å². The molecule has 0 spiro atoms. The zero-order valence-corrected chi connectivity index (χ0v) is 18.1. The molecule has 0 atom stereocenters. The standard InChI is InChI=1S/C20H20ClN5O6/c1-11-4-5-13(9-15(11)21)22-19(28)20(29)25-24-12(2)8-18(27)23-16-7-6-14(32-3)10-17(16)26(30)31/h4-7,9-10H,8H2,1-3H3,(H,22,28)(H,23,27)(H,25,29). The Bertz CT molecular complexity index is 1100. The molecule has 0 saturated heterocycles. The average molecular weight is 462 g/mol. The van der Waals surface area contributed by atoms with Crippen LogP contribution in [0.25, 0.3) is 0 Å². The van der Waals surface area contributed by atoms with Gasteiger partial charge in [0.25, 0.3) is 5.69 Å². The van der Waals surface area contributed by atoms with Crippen molar-refractivity contribution in [3.8, 4) is 5.75 Å². The zero-order chi connectivity index (χ0) is 23.8. The lowest BCUT2D eigenvalue weighted by atomic mass is 10.2. The number of methoxy groups -OCH3 is 1. The number of hydrogen-bond donors (Lipinski definition) is 3. The summed E-state index contributed by atoms with van der Waals surface area (Å²) in [6, 6.07) is 8.75. The third kappa shape index (κ3) is 6.77. The van der Waals surface area contributed by atoms with Gasteiger partial charge < -0.3 is 15.4 Å². The molecule has 2 aromatic rings. The maximum absolute atomic E-state index is 12.2. The van der Waals surface area contributed by atoms with Crippen LogP contribution in [0.15, 0.2) is 41.5 Å². The van der Waals surface area contributed by atoms with E-state index < -0.39 is 22.6 Å². The van der Waals surface area contributed by atoms with E-state index >= 15 is 0 Å². The van der Waals surface area contributed by atoms with Crippen molar-refractivity contribution in [3.05, 3.63) is 57.1 Å². The van der Waals surface area contributed by atoms with Gasteiger partial charge in [-0.25, -0.2) is 5.43 Å². The number of benzene rings is 2. The Kier molecular flexibility index (Phi) is 8.24. The summed E-state index contributed by atoms with van der Waals surface area (Å²) < 4.78 is 4.94. The Morgan fingerprint density at radius 2 is 1.84 bits per heavy atom. The minimum Gasteiger partial charge on any atom is -0.496 e. The number of amides is 3. The van der Waals surface area contributed by atoms with Gasteiger partial charge in [-0.1, -0.05) is 17.7 Å². The summed E-state index contributed by atoms with van der Waals surface area (Å²) in [6.45, 7) is 3.24. The number of hydrogen-bond acceptors (Lipinski definition) is 7. The SMILES string of the molecule is COc1ccc(NC(=O)CC(C)=NNC(=O)C(=O)Nc2ccc(C)c(Cl)c2)c([N+](=O)[O-])c1. The van der Waals surface area contributed by atoms with Crippen LogP contribution in [0.4, 0.5) is 17.1 Å². The summed E-state index contributed by atoms with van der Waals surface area (Å²) >= 11 is 5.97. The molecule has 0 aliphatic rings. The lowest BCUT2D eigenvalue weighted by Crippen LogP contribution is -2.33. The van der Waals surface area contributed by atoms with Gasteiger partial charge in [0.05, 0.1) is 24.5 Å². The van der Waals surface area contributed by atoms with Crippen LogP contribution in [0.3, 0.4) is 0 Å². The second-order valence-corrected chi connectivity index (χ2v) is 6.98. The van der Waals surface area contributed by atoms with Crippen LogP contribution < -0.4 is 20.8 Å². The van der Waals surface area contributed by atoms with Crippen molar-refractivity contribution in [2.45, 2.75) is 20.3 Å². The topological polar surface area (TPSA) is 152 Å². The van der Waals surface area contributed by atoms with Crippen LogP contribution in [0.1, 0.15) is 18.9 Å². The molecule has 0 aromatic heterocycles. The number of anilines is 2. The van der Waals surface area contributed by atoms with Crippen LogP contribution in [0, 0.1) is 17.0 Å². The maximum Gasteiger partial charge on any atom is 0.329 e. The first-order valence-electron chi connectivity index (χ1n) is 9.13. The minimum atomic E-state index is -1.05. The summed E-state index contributed by atoms with van der Waals surface area (Å²) in [5.74, 6) is -2.36. The molecular weight excluding hydrogens is 442 g/mol. The van der Waals surface area contributed by atoms with E-state index in [-0.39, 0.29) is 29.3 Å². The molecule has 3 amide bonds. The molecule has 0 unspecified atom stereocenters. The van der Waals surface area contributed by atoms with Crippen molar-refractivity contribution in [3.63, 3.8) is 0 Å². The van der Waals surface area contributed by atoms with Crippen LogP contribution in [-0.2, 0) is 14.4 Å². The highest BCUT2D eigenvalue weighted by Crippen LogP contribution is 2.29. The Morgan fingerprint density at radius 1 is 1.12 bits per heavy atom. The molecule has 0 saturated carbocycles. The molecule has 12 heteroatoms. The lowest BCUT2D eigenvalue weighted by Gasteiger charge is -2.08. The highest BCUT2D eigenvalue weighted by atomic mass is 35.5. The van der Waals surface area contributed by atoms with Gasteiger partial charge in [-0.3, -0.25) is 24.5 Å². The Hall–Kier alpha value is -3.99. The highest BCUT2D eigenvalue weighted by molar-refractivity contribution is 6.40. The number of nitrogens with zero attached hydrogens (tertiary/aromatic N) is 2. The second kappa shape index (κ2) is 10.9. The number of aryl methyl sites for hydroxylation is 1. The van der Waals surface area contributed by atoms with E-state index in [0.717, 1.165) is 5.56 Å². The van der Waals surface area contributed by atoms with Crippen molar-refractivity contribution < 1.29 is 24.0 Å². The number of hydrazone groups is 1. The number of nitrogens with one attached hydrogen (secondary N) is 3. The van der Waals surface area contributed by atoms with Crippen molar-refractivity contribution in [1.82, 2.24) is 5.43 Å². The predicted molar refractivity (Wildman–Crippen MR) is 119 cm³/mol. The van der Waals surface area contributed by atoms with Gasteiger partial charge in [-0.15, -0.1) is 0 Å². The first kappa shape index (κ1) is 24.3. The Morgan fingerprint density at radius 3 is 2.47 bits per heavy atom. The number of nitro groups is 1. The molecule has 2 rings (SSSR count). The number of rotatable bonds is 7. The molecule has 2 aromatic carbocycles. The van der Waals surface area contributed by atoms with Gasteiger partial charge in [0.2, 0.25) is 5.91 Å². The fourth-order valence-corrected chi connectivity index (χ4v) is 2.60. The van der Waals surface area contributed by atoms with Gasteiger partial charge in [0.15, 0.2) is 0 Å². The molecule has 32 heavy (non-hydrogen) atoms. The average Bonchev–Trinajstić information content (AvgIpc) is 2.74. The van der Waals surface area contributed by atoms with Crippen molar-refractivity contribution in [1.29, 1.82) is 0 Å². The Labute approximate surface area is 187 Å². The summed E-state index contributed by atoms with van der Waals surface area (Å²) in [5, 5.41) is 20.1. The fourth-order valence-electron chi connectivity index (χ4n) is 2.42. The largest absolute Gasteiger partial charge is 0.496 e. The lowest BCUT2D eigenvalue weighted by molar-refractivity contribution is -0.384. The maximum atomic E-state index is 12.2. The van der Waals surface area contributed by atoms with Gasteiger partial charge in [-0.05, 0) is 43.7 Å². The van der Waals surface area contributed by atoms with Gasteiger partial charge in [0, 0.05) is 16.4 Å². The van der Waals surface area contributed by atoms with E-state index in [1.807, 2.05) is 5.43 Å². The van der Waals surface area contributed by atoms with Crippen LogP contribution in [-0.4, -0.2) is 35.5 Å². The predicted octanol–water partition coefficient (Wildman–Crippen LogP) is 3.02. The van der Waals surface area contributed by atoms with Gasteiger partial charge in [-0.2, -0.15) is 5.10 Å². The molecule has 0 aliphatic carbocycles. The van der Waals surface area contributed by atoms with Crippen molar-refractivity contribution >= 4 is 52.1 Å². The van der Waals surface area contributed by atoms with Crippen LogP contribution in [0.2, 0.25) is 5.02 Å². The summed E-state index contributed by atoms with van der Waals surface area (Å²) in [5.41, 5.74) is 3.00. The van der Waals surface area contributed by atoms with E-state index in [1.165, 1.54) is 38.3 Å². The summed E-state index contributed by atoms with van der Waals surface area (Å²) in [7, 11) is 1.36. The van der Waals surface area contributed by atoms with E-state index in [0.29, 0.717) is 10.7 Å². The Balaban J connectivity index is 1.93. The molecule has 11 nitrogen and oxygen atoms in total. The van der Waals surface area contributed by atoms with Gasteiger partial charge >= 0.3 is 11.8 Å². The normalized spacial score (nSPS) is 10.8. The molecule has 0 aliphatic heterocycles. The first-order valence-corrected chi connectivity index (χ1v) is 9.51. The quantitative estimate of drug-likeness (QED) is 0.249. The van der Waals surface area contributed by atoms with Gasteiger partial charge in [0.1, 0.15) is 11.4 Å². The van der Waals surface area contributed by atoms with Crippen molar-refractivity contribution in [2.24, 2.45) is 5.10 Å². The highest BCUT2D eigenvalue weighted by Gasteiger charge is 2.18. The monoisotopic (exact) mass is 461 g/mol. The smallest absolute Gasteiger partial charge is 0.329 e. The van der Waals surface area contributed by atoms with E-state index in [4.69, 9.17) is 16.3 Å². The summed E-state index contributed by atoms with van der Waals surface area (Å²) in [4.78, 5) is 46.6. The molecule has 0 bridgehead atoms. The fraction of sp³-hybridized carbons (Fsp3) is 0.200. The number of carbonyl (C=O) groups excluding carboxylic acids is 3. The molecule has 168 valence electrons. The van der Waals surface area contributed by atoms with Crippen molar-refractivity contribution in [2.75, 3.05) is 17.7 Å². The molecule has 0 heterocycles. The zero-order valence-electron chi connectivity index (χ0n) is 17.4. The van der Waals surface area contributed by atoms with E-state index in [1.54, 1.807) is 19.1 Å². The molecular formula is C20H20ClN5O6. The third-order valence-electron chi connectivity index (χ3n) is 4.08. The molecule has 3 N–H and O–H groups in total. The first-order chi connectivity index (χ1) is 15.1. The molecule has 0 fully saturated rings. The van der Waals surface area contributed by atoms with Crippen LogP contribution in [0.5, 0.6) is 5.75 Å². The summed E-state index contributed by atoms with van der Waals surface area (Å²) in [6.07, 6.45) is -0.279. The second-order valence-electron chi connectivity index (χ2n) is 6.57. The number of halogens is 1. The number of carbonyl (C=O) groups is 3. The number of ether oxygens (including phenoxy) is 1. The van der Waals surface area contributed by atoms with E-state index in [2.05, 4.69) is 15.7 Å².